The van der Waals surface area contributed by atoms with Crippen LogP contribution in [0.1, 0.15) is 11.3 Å². The van der Waals surface area contributed by atoms with Crippen LogP contribution in [0, 0.1) is 0 Å². The van der Waals surface area contributed by atoms with Gasteiger partial charge in [-0.05, 0) is 23.8 Å². The third-order valence-electron chi connectivity index (χ3n) is 3.36. The molecular formula is C16H16ClN3O2S. The summed E-state index contributed by atoms with van der Waals surface area (Å²) in [5.41, 5.74) is 3.21. The molecule has 120 valence electrons. The van der Waals surface area contributed by atoms with Gasteiger partial charge in [0.15, 0.2) is 9.84 Å². The molecule has 0 bridgehead atoms. The van der Waals surface area contributed by atoms with E-state index in [0.29, 0.717) is 11.6 Å². The molecule has 0 fully saturated rings. The maximum absolute atomic E-state index is 11.5. The molecule has 0 aliphatic heterocycles. The maximum atomic E-state index is 11.5. The van der Waals surface area contributed by atoms with Crippen molar-refractivity contribution in [1.29, 1.82) is 0 Å². The quantitative estimate of drug-likeness (QED) is 0.768. The molecule has 0 aliphatic carbocycles. The lowest BCUT2D eigenvalue weighted by atomic mass is 10.2. The number of rotatable bonds is 5. The molecule has 1 aromatic carbocycles. The van der Waals surface area contributed by atoms with Crippen LogP contribution in [0.25, 0.3) is 5.65 Å². The summed E-state index contributed by atoms with van der Waals surface area (Å²) in [6, 6.07) is 11.0. The molecule has 0 aliphatic rings. The molecule has 23 heavy (non-hydrogen) atoms. The number of anilines is 1. The highest BCUT2D eigenvalue weighted by atomic mass is 35.5. The second-order valence-corrected chi connectivity index (χ2v) is 8.00. The number of nitrogens with one attached hydrogen (secondary N) is 1. The number of benzene rings is 1. The predicted molar refractivity (Wildman–Crippen MR) is 92.5 cm³/mol. The van der Waals surface area contributed by atoms with Crippen molar-refractivity contribution >= 4 is 32.8 Å². The van der Waals surface area contributed by atoms with Gasteiger partial charge >= 0.3 is 0 Å². The van der Waals surface area contributed by atoms with Crippen molar-refractivity contribution in [3.63, 3.8) is 0 Å². The van der Waals surface area contributed by atoms with Crippen molar-refractivity contribution in [2.24, 2.45) is 0 Å². The first kappa shape index (κ1) is 15.8. The van der Waals surface area contributed by atoms with Gasteiger partial charge in [-0.1, -0.05) is 29.8 Å². The first-order chi connectivity index (χ1) is 10.9. The van der Waals surface area contributed by atoms with Crippen molar-refractivity contribution in [3.8, 4) is 0 Å². The van der Waals surface area contributed by atoms with Crippen LogP contribution in [0.15, 0.2) is 48.8 Å². The molecule has 0 spiro atoms. The number of pyridine rings is 1. The Balaban J connectivity index is 1.79. The van der Waals surface area contributed by atoms with Gasteiger partial charge in [0.2, 0.25) is 0 Å². The monoisotopic (exact) mass is 349 g/mol. The molecule has 1 N–H and O–H groups in total. The maximum Gasteiger partial charge on any atom is 0.151 e. The van der Waals surface area contributed by atoms with Crippen molar-refractivity contribution in [3.05, 3.63) is 65.1 Å². The largest absolute Gasteiger partial charge is 0.379 e. The van der Waals surface area contributed by atoms with Gasteiger partial charge in [0, 0.05) is 24.3 Å². The summed E-state index contributed by atoms with van der Waals surface area (Å²) < 4.78 is 24.9. The van der Waals surface area contributed by atoms with Gasteiger partial charge in [-0.25, -0.2) is 13.4 Å². The van der Waals surface area contributed by atoms with E-state index in [2.05, 4.69) is 10.3 Å². The fourth-order valence-corrected chi connectivity index (χ4v) is 3.37. The molecule has 5 nitrogen and oxygen atoms in total. The minimum absolute atomic E-state index is 0.0109. The minimum Gasteiger partial charge on any atom is -0.379 e. The van der Waals surface area contributed by atoms with Gasteiger partial charge in [0.1, 0.15) is 5.65 Å². The van der Waals surface area contributed by atoms with E-state index in [1.807, 2.05) is 40.9 Å². The highest BCUT2D eigenvalue weighted by Crippen LogP contribution is 2.19. The molecule has 3 rings (SSSR count). The molecule has 0 amide bonds. The van der Waals surface area contributed by atoms with Gasteiger partial charge in [0.05, 0.1) is 23.0 Å². The summed E-state index contributed by atoms with van der Waals surface area (Å²) in [4.78, 5) is 4.50. The van der Waals surface area contributed by atoms with Gasteiger partial charge in [-0.15, -0.1) is 0 Å². The normalized spacial score (nSPS) is 11.7. The van der Waals surface area contributed by atoms with Crippen LogP contribution in [-0.2, 0) is 22.1 Å². The number of sulfone groups is 1. The number of fused-ring (bicyclic) bond motifs is 1. The van der Waals surface area contributed by atoms with Gasteiger partial charge in [0.25, 0.3) is 0 Å². The van der Waals surface area contributed by atoms with Crippen molar-refractivity contribution in [2.45, 2.75) is 12.3 Å². The van der Waals surface area contributed by atoms with Crippen LogP contribution < -0.4 is 5.32 Å². The molecule has 2 aromatic heterocycles. The van der Waals surface area contributed by atoms with E-state index in [9.17, 15) is 8.42 Å². The van der Waals surface area contributed by atoms with E-state index in [1.54, 1.807) is 12.3 Å². The standard InChI is InChI=1S/C16H16ClN3O2S/c1-23(21,22)11-12-4-2-3-5-15(12)18-8-14-10-20-9-13(17)6-7-16(20)19-14/h2-7,9-10,18H,8,11H2,1H3. The lowest BCUT2D eigenvalue weighted by molar-refractivity contribution is 0.601. The Labute approximate surface area is 139 Å². The topological polar surface area (TPSA) is 63.5 Å². The molecule has 0 atom stereocenters. The zero-order chi connectivity index (χ0) is 16.4. The average Bonchev–Trinajstić information content (AvgIpc) is 2.86. The Morgan fingerprint density at radius 2 is 1.96 bits per heavy atom. The number of nitrogens with zero attached hydrogens (tertiary/aromatic N) is 2. The Morgan fingerprint density at radius 1 is 1.17 bits per heavy atom. The zero-order valence-corrected chi connectivity index (χ0v) is 14.1. The van der Waals surface area contributed by atoms with Crippen molar-refractivity contribution in [2.75, 3.05) is 11.6 Å². The second-order valence-electron chi connectivity index (χ2n) is 5.43. The number of para-hydroxylation sites is 1. The van der Waals surface area contributed by atoms with E-state index in [0.717, 1.165) is 22.6 Å². The van der Waals surface area contributed by atoms with Gasteiger partial charge < -0.3 is 9.72 Å². The number of halogens is 1. The van der Waals surface area contributed by atoms with Crippen LogP contribution in [-0.4, -0.2) is 24.1 Å². The highest BCUT2D eigenvalue weighted by Gasteiger charge is 2.09. The summed E-state index contributed by atoms with van der Waals surface area (Å²) >= 11 is 5.96. The van der Waals surface area contributed by atoms with E-state index in [-0.39, 0.29) is 5.75 Å². The van der Waals surface area contributed by atoms with Crippen molar-refractivity contribution in [1.82, 2.24) is 9.38 Å². The van der Waals surface area contributed by atoms with Crippen molar-refractivity contribution < 1.29 is 8.42 Å². The Kier molecular flexibility index (Phi) is 4.28. The minimum atomic E-state index is -3.08. The summed E-state index contributed by atoms with van der Waals surface area (Å²) in [5, 5.41) is 3.90. The van der Waals surface area contributed by atoms with Gasteiger partial charge in [-0.2, -0.15) is 0 Å². The molecule has 3 aromatic rings. The molecule has 0 saturated heterocycles. The Hall–Kier alpha value is -2.05. The Morgan fingerprint density at radius 3 is 2.74 bits per heavy atom. The van der Waals surface area contributed by atoms with E-state index < -0.39 is 9.84 Å². The molecule has 7 heteroatoms. The molecule has 0 radical (unpaired) electrons. The first-order valence-electron chi connectivity index (χ1n) is 7.03. The fourth-order valence-electron chi connectivity index (χ4n) is 2.39. The number of aromatic nitrogens is 2. The lowest BCUT2D eigenvalue weighted by Gasteiger charge is -2.10. The van der Waals surface area contributed by atoms with Gasteiger partial charge in [-0.3, -0.25) is 0 Å². The SMILES string of the molecule is CS(=O)(=O)Cc1ccccc1NCc1cn2cc(Cl)ccc2n1. The fraction of sp³-hybridized carbons (Fsp3) is 0.188. The third-order valence-corrected chi connectivity index (χ3v) is 4.42. The smallest absolute Gasteiger partial charge is 0.151 e. The lowest BCUT2D eigenvalue weighted by Crippen LogP contribution is -2.06. The molecular weight excluding hydrogens is 334 g/mol. The van der Waals surface area contributed by atoms with E-state index in [1.165, 1.54) is 6.26 Å². The second kappa shape index (κ2) is 6.22. The zero-order valence-electron chi connectivity index (χ0n) is 12.5. The summed E-state index contributed by atoms with van der Waals surface area (Å²) in [5.74, 6) is 0.0109. The summed E-state index contributed by atoms with van der Waals surface area (Å²) in [6.07, 6.45) is 4.92. The highest BCUT2D eigenvalue weighted by molar-refractivity contribution is 7.89. The molecule has 0 saturated carbocycles. The molecule has 0 unspecified atom stereocenters. The van der Waals surface area contributed by atoms with Crippen LogP contribution >= 0.6 is 11.6 Å². The number of hydrogen-bond acceptors (Lipinski definition) is 4. The summed E-state index contributed by atoms with van der Waals surface area (Å²) in [7, 11) is -3.08. The molecule has 2 heterocycles. The van der Waals surface area contributed by atoms with Crippen LogP contribution in [0.5, 0.6) is 0 Å². The van der Waals surface area contributed by atoms with Crippen LogP contribution in [0.4, 0.5) is 5.69 Å². The number of hydrogen-bond donors (Lipinski definition) is 1. The average molecular weight is 350 g/mol. The van der Waals surface area contributed by atoms with Crippen LogP contribution in [0.2, 0.25) is 5.02 Å². The van der Waals surface area contributed by atoms with E-state index in [4.69, 9.17) is 11.6 Å². The third kappa shape index (κ3) is 4.03. The Bertz CT molecular complexity index is 951. The first-order valence-corrected chi connectivity index (χ1v) is 9.47. The predicted octanol–water partition coefficient (Wildman–Crippen LogP) is 3.14. The van der Waals surface area contributed by atoms with E-state index >= 15 is 0 Å². The summed E-state index contributed by atoms with van der Waals surface area (Å²) in [6.45, 7) is 0.500. The van der Waals surface area contributed by atoms with Crippen LogP contribution in [0.3, 0.4) is 0 Å². The number of imidazole rings is 1.